The summed E-state index contributed by atoms with van der Waals surface area (Å²) in [6, 6.07) is 2.26. The number of hydrogen-bond acceptors (Lipinski definition) is 3. The number of aliphatic hydroxyl groups excluding tert-OH is 1. The molecule has 0 aliphatic carbocycles. The SMILES string of the molecule is Cc1cncc(CNC(CO)C(C)C)c1. The molecular weight excluding hydrogens is 188 g/mol. The van der Waals surface area contributed by atoms with Gasteiger partial charge in [0.1, 0.15) is 0 Å². The van der Waals surface area contributed by atoms with Crippen LogP contribution in [0.5, 0.6) is 0 Å². The van der Waals surface area contributed by atoms with Crippen LogP contribution in [0.15, 0.2) is 18.5 Å². The van der Waals surface area contributed by atoms with Crippen LogP contribution in [0.25, 0.3) is 0 Å². The monoisotopic (exact) mass is 208 g/mol. The van der Waals surface area contributed by atoms with Crippen LogP contribution < -0.4 is 5.32 Å². The number of rotatable bonds is 5. The Hall–Kier alpha value is -0.930. The normalized spacial score (nSPS) is 13.1. The van der Waals surface area contributed by atoms with Crippen molar-refractivity contribution in [1.29, 1.82) is 0 Å². The predicted octanol–water partition coefficient (Wildman–Crippen LogP) is 1.50. The van der Waals surface area contributed by atoms with Crippen LogP contribution in [0, 0.1) is 12.8 Å². The summed E-state index contributed by atoms with van der Waals surface area (Å²) in [5.74, 6) is 0.438. The Balaban J connectivity index is 2.49. The second-order valence-electron chi connectivity index (χ2n) is 4.28. The molecule has 0 saturated carbocycles. The third-order valence-corrected chi connectivity index (χ3v) is 2.50. The Morgan fingerprint density at radius 3 is 2.67 bits per heavy atom. The Morgan fingerprint density at radius 1 is 1.40 bits per heavy atom. The maximum Gasteiger partial charge on any atom is 0.0587 e. The molecule has 0 saturated heterocycles. The van der Waals surface area contributed by atoms with E-state index in [0.29, 0.717) is 5.92 Å². The molecule has 1 aromatic rings. The van der Waals surface area contributed by atoms with Gasteiger partial charge < -0.3 is 10.4 Å². The minimum Gasteiger partial charge on any atom is -0.395 e. The zero-order valence-electron chi connectivity index (χ0n) is 9.70. The van der Waals surface area contributed by atoms with Gasteiger partial charge in [-0.15, -0.1) is 0 Å². The lowest BCUT2D eigenvalue weighted by Gasteiger charge is -2.19. The van der Waals surface area contributed by atoms with Crippen molar-refractivity contribution in [2.24, 2.45) is 5.92 Å². The van der Waals surface area contributed by atoms with Crippen LogP contribution >= 0.6 is 0 Å². The number of hydrogen-bond donors (Lipinski definition) is 2. The average Bonchev–Trinajstić information content (AvgIpc) is 2.18. The highest BCUT2D eigenvalue weighted by Gasteiger charge is 2.10. The fraction of sp³-hybridized carbons (Fsp3) is 0.583. The molecule has 1 atom stereocenters. The highest BCUT2D eigenvalue weighted by atomic mass is 16.3. The standard InChI is InChI=1S/C12H20N2O/c1-9(2)12(8-15)14-7-11-4-10(3)5-13-6-11/h4-6,9,12,14-15H,7-8H2,1-3H3. The maximum absolute atomic E-state index is 9.15. The quantitative estimate of drug-likeness (QED) is 0.770. The molecule has 1 aromatic heterocycles. The van der Waals surface area contributed by atoms with Crippen molar-refractivity contribution in [2.45, 2.75) is 33.4 Å². The van der Waals surface area contributed by atoms with E-state index in [4.69, 9.17) is 5.11 Å². The number of aryl methyl sites for hydroxylation is 1. The smallest absolute Gasteiger partial charge is 0.0587 e. The molecule has 1 rings (SSSR count). The summed E-state index contributed by atoms with van der Waals surface area (Å²) in [4.78, 5) is 4.13. The fourth-order valence-corrected chi connectivity index (χ4v) is 1.47. The molecule has 84 valence electrons. The van der Waals surface area contributed by atoms with Crippen LogP contribution in [-0.2, 0) is 6.54 Å². The van der Waals surface area contributed by atoms with E-state index in [-0.39, 0.29) is 12.6 Å². The summed E-state index contributed by atoms with van der Waals surface area (Å²) in [5.41, 5.74) is 2.33. The lowest BCUT2D eigenvalue weighted by Crippen LogP contribution is -2.36. The first-order valence-electron chi connectivity index (χ1n) is 5.38. The van der Waals surface area contributed by atoms with Gasteiger partial charge in [-0.2, -0.15) is 0 Å². The third-order valence-electron chi connectivity index (χ3n) is 2.50. The van der Waals surface area contributed by atoms with Crippen molar-refractivity contribution >= 4 is 0 Å². The molecule has 1 unspecified atom stereocenters. The number of nitrogens with one attached hydrogen (secondary N) is 1. The second kappa shape index (κ2) is 5.83. The van der Waals surface area contributed by atoms with Gasteiger partial charge in [-0.05, 0) is 24.0 Å². The van der Waals surface area contributed by atoms with E-state index in [1.807, 2.05) is 19.3 Å². The van der Waals surface area contributed by atoms with Gasteiger partial charge in [-0.3, -0.25) is 4.98 Å². The van der Waals surface area contributed by atoms with Gasteiger partial charge >= 0.3 is 0 Å². The molecule has 2 N–H and O–H groups in total. The van der Waals surface area contributed by atoms with Gasteiger partial charge in [0.2, 0.25) is 0 Å². The molecule has 0 aliphatic rings. The number of pyridine rings is 1. The van der Waals surface area contributed by atoms with Crippen molar-refractivity contribution in [3.8, 4) is 0 Å². The summed E-state index contributed by atoms with van der Waals surface area (Å²) in [5, 5.41) is 12.5. The van der Waals surface area contributed by atoms with Crippen molar-refractivity contribution in [2.75, 3.05) is 6.61 Å². The second-order valence-corrected chi connectivity index (χ2v) is 4.28. The molecule has 0 aromatic carbocycles. The van der Waals surface area contributed by atoms with Crippen LogP contribution in [0.3, 0.4) is 0 Å². The molecule has 0 aliphatic heterocycles. The first-order valence-corrected chi connectivity index (χ1v) is 5.38. The molecule has 0 radical (unpaired) electrons. The van der Waals surface area contributed by atoms with Crippen molar-refractivity contribution in [3.63, 3.8) is 0 Å². The minimum atomic E-state index is 0.158. The van der Waals surface area contributed by atoms with E-state index in [0.717, 1.165) is 12.1 Å². The molecule has 0 bridgehead atoms. The molecule has 15 heavy (non-hydrogen) atoms. The van der Waals surface area contributed by atoms with Crippen molar-refractivity contribution in [3.05, 3.63) is 29.6 Å². The van der Waals surface area contributed by atoms with Crippen molar-refractivity contribution in [1.82, 2.24) is 10.3 Å². The van der Waals surface area contributed by atoms with Gasteiger partial charge in [-0.1, -0.05) is 19.9 Å². The first kappa shape index (κ1) is 12.1. The molecule has 0 amide bonds. The van der Waals surface area contributed by atoms with Crippen molar-refractivity contribution < 1.29 is 5.11 Å². The fourth-order valence-electron chi connectivity index (χ4n) is 1.47. The van der Waals surface area contributed by atoms with E-state index in [1.54, 1.807) is 0 Å². The van der Waals surface area contributed by atoms with E-state index >= 15 is 0 Å². The average molecular weight is 208 g/mol. The van der Waals surface area contributed by atoms with Crippen LogP contribution in [-0.4, -0.2) is 22.7 Å². The summed E-state index contributed by atoms with van der Waals surface area (Å²) < 4.78 is 0. The molecule has 1 heterocycles. The predicted molar refractivity (Wildman–Crippen MR) is 61.5 cm³/mol. The van der Waals surface area contributed by atoms with Gasteiger partial charge in [0.25, 0.3) is 0 Å². The Morgan fingerprint density at radius 2 is 2.13 bits per heavy atom. The molecule has 0 fully saturated rings. The highest BCUT2D eigenvalue weighted by Crippen LogP contribution is 2.04. The summed E-state index contributed by atoms with van der Waals surface area (Å²) in [6.07, 6.45) is 3.70. The lowest BCUT2D eigenvalue weighted by molar-refractivity contribution is 0.210. The summed E-state index contributed by atoms with van der Waals surface area (Å²) >= 11 is 0. The highest BCUT2D eigenvalue weighted by molar-refractivity contribution is 5.16. The number of nitrogens with zero attached hydrogens (tertiary/aromatic N) is 1. The Bertz CT molecular complexity index is 299. The van der Waals surface area contributed by atoms with Gasteiger partial charge in [0, 0.05) is 25.0 Å². The van der Waals surface area contributed by atoms with Gasteiger partial charge in [0.05, 0.1) is 6.61 Å². The molecular formula is C12H20N2O. The van der Waals surface area contributed by atoms with Crippen LogP contribution in [0.2, 0.25) is 0 Å². The van der Waals surface area contributed by atoms with Gasteiger partial charge in [-0.25, -0.2) is 0 Å². The van der Waals surface area contributed by atoms with E-state index < -0.39 is 0 Å². The van der Waals surface area contributed by atoms with E-state index in [1.165, 1.54) is 5.56 Å². The third kappa shape index (κ3) is 3.98. The molecule has 3 nitrogen and oxygen atoms in total. The van der Waals surface area contributed by atoms with Crippen LogP contribution in [0.4, 0.5) is 0 Å². The molecule has 0 spiro atoms. The lowest BCUT2D eigenvalue weighted by atomic mass is 10.1. The van der Waals surface area contributed by atoms with E-state index in [9.17, 15) is 0 Å². The summed E-state index contributed by atoms with van der Waals surface area (Å²) in [6.45, 7) is 7.17. The number of aliphatic hydroxyl groups is 1. The summed E-state index contributed by atoms with van der Waals surface area (Å²) in [7, 11) is 0. The van der Waals surface area contributed by atoms with Crippen LogP contribution in [0.1, 0.15) is 25.0 Å². The zero-order chi connectivity index (χ0) is 11.3. The molecule has 3 heteroatoms. The van der Waals surface area contributed by atoms with E-state index in [2.05, 4.69) is 30.2 Å². The maximum atomic E-state index is 9.15. The topological polar surface area (TPSA) is 45.2 Å². The largest absolute Gasteiger partial charge is 0.395 e. The zero-order valence-corrected chi connectivity index (χ0v) is 9.70. The Labute approximate surface area is 91.5 Å². The van der Waals surface area contributed by atoms with Gasteiger partial charge in [0.15, 0.2) is 0 Å². The Kier molecular flexibility index (Phi) is 4.72. The first-order chi connectivity index (χ1) is 7.13. The number of aromatic nitrogens is 1. The minimum absolute atomic E-state index is 0.158.